The summed E-state index contributed by atoms with van der Waals surface area (Å²) in [5, 5.41) is 10.4. The lowest BCUT2D eigenvalue weighted by Crippen LogP contribution is -2.46. The normalized spacial score (nSPS) is 25.4. The highest BCUT2D eigenvalue weighted by molar-refractivity contribution is 6.32. The van der Waals surface area contributed by atoms with Crippen LogP contribution in [0, 0.1) is 0 Å². The predicted molar refractivity (Wildman–Crippen MR) is 114 cm³/mol. The third kappa shape index (κ3) is 5.90. The Kier molecular flexibility index (Phi) is 9.64. The molecule has 0 spiro atoms. The number of aryl methyl sites for hydroxylation is 1. The molecule has 2 fully saturated rings. The van der Waals surface area contributed by atoms with E-state index in [4.69, 9.17) is 25.8 Å². The second-order valence-electron chi connectivity index (χ2n) is 7.62. The monoisotopic (exact) mass is 433 g/mol. The van der Waals surface area contributed by atoms with Crippen molar-refractivity contribution in [1.29, 1.82) is 0 Å². The quantitative estimate of drug-likeness (QED) is 0.625. The Morgan fingerprint density at radius 3 is 2.61 bits per heavy atom. The van der Waals surface area contributed by atoms with E-state index in [1.807, 2.05) is 12.1 Å². The highest BCUT2D eigenvalue weighted by Gasteiger charge is 2.34. The summed E-state index contributed by atoms with van der Waals surface area (Å²) < 4.78 is 16.9. The lowest BCUT2D eigenvalue weighted by atomic mass is 9.91. The van der Waals surface area contributed by atoms with Gasteiger partial charge in [-0.3, -0.25) is 4.90 Å². The van der Waals surface area contributed by atoms with Gasteiger partial charge in [0, 0.05) is 25.7 Å². The first-order valence-corrected chi connectivity index (χ1v) is 10.4. The zero-order chi connectivity index (χ0) is 19.2. The number of ether oxygens (including phenoxy) is 3. The Hall–Kier alpha value is -0.720. The van der Waals surface area contributed by atoms with Crippen molar-refractivity contribution in [3.63, 3.8) is 0 Å². The zero-order valence-corrected chi connectivity index (χ0v) is 18.4. The molecule has 1 aliphatic heterocycles. The fraction of sp³-hybridized carbons (Fsp3) is 0.714. The molecule has 1 N–H and O–H groups in total. The van der Waals surface area contributed by atoms with Gasteiger partial charge in [0.15, 0.2) is 11.5 Å². The van der Waals surface area contributed by atoms with Crippen molar-refractivity contribution < 1.29 is 19.3 Å². The Labute approximate surface area is 179 Å². The number of hydrogen-bond acceptors (Lipinski definition) is 5. The average Bonchev–Trinajstić information content (AvgIpc) is 3.11. The van der Waals surface area contributed by atoms with Crippen molar-refractivity contribution in [3.8, 4) is 11.5 Å². The van der Waals surface area contributed by atoms with Gasteiger partial charge in [0.2, 0.25) is 0 Å². The van der Waals surface area contributed by atoms with Crippen molar-refractivity contribution in [2.45, 2.75) is 63.2 Å². The van der Waals surface area contributed by atoms with Gasteiger partial charge in [-0.05, 0) is 49.8 Å². The molecule has 5 nitrogen and oxygen atoms in total. The van der Waals surface area contributed by atoms with Crippen LogP contribution in [-0.4, -0.2) is 62.2 Å². The van der Waals surface area contributed by atoms with Crippen LogP contribution >= 0.6 is 24.0 Å². The summed E-state index contributed by atoms with van der Waals surface area (Å²) >= 11 is 6.29. The molecule has 3 atom stereocenters. The van der Waals surface area contributed by atoms with Crippen LogP contribution < -0.4 is 9.47 Å². The molecule has 2 unspecified atom stereocenters. The molecule has 1 saturated heterocycles. The van der Waals surface area contributed by atoms with Crippen LogP contribution in [0.25, 0.3) is 0 Å². The number of rotatable bonds is 8. The van der Waals surface area contributed by atoms with Crippen molar-refractivity contribution in [3.05, 3.63) is 22.7 Å². The highest BCUT2D eigenvalue weighted by Crippen LogP contribution is 2.36. The average molecular weight is 434 g/mol. The number of aliphatic hydroxyl groups excluding tert-OH is 1. The first-order chi connectivity index (χ1) is 13.1. The van der Waals surface area contributed by atoms with Gasteiger partial charge in [-0.2, -0.15) is 0 Å². The number of β-amino-alcohol motifs (C(OH)–C–C–N with tert-alkyl or cyclic N) is 1. The summed E-state index contributed by atoms with van der Waals surface area (Å²) in [6, 6.07) is 4.39. The smallest absolute Gasteiger partial charge is 0.179 e. The second kappa shape index (κ2) is 11.5. The number of aliphatic hydroxyl groups is 1. The Morgan fingerprint density at radius 2 is 1.93 bits per heavy atom. The van der Waals surface area contributed by atoms with E-state index < -0.39 is 0 Å². The summed E-state index contributed by atoms with van der Waals surface area (Å²) in [5.41, 5.74) is 1.13. The lowest BCUT2D eigenvalue weighted by molar-refractivity contribution is -0.0333. The minimum Gasteiger partial charge on any atom is -0.493 e. The van der Waals surface area contributed by atoms with Crippen molar-refractivity contribution in [1.82, 2.24) is 4.90 Å². The molecule has 0 radical (unpaired) electrons. The number of benzene rings is 1. The van der Waals surface area contributed by atoms with E-state index in [2.05, 4.69) is 4.90 Å². The van der Waals surface area contributed by atoms with Crippen LogP contribution in [0.15, 0.2) is 12.1 Å². The molecule has 0 bridgehead atoms. The third-order valence-electron chi connectivity index (χ3n) is 5.77. The van der Waals surface area contributed by atoms with E-state index >= 15 is 0 Å². The van der Waals surface area contributed by atoms with Crippen LogP contribution in [0.2, 0.25) is 5.02 Å². The van der Waals surface area contributed by atoms with Crippen molar-refractivity contribution in [2.75, 3.05) is 33.9 Å². The van der Waals surface area contributed by atoms with Gasteiger partial charge >= 0.3 is 0 Å². The maximum absolute atomic E-state index is 9.85. The van der Waals surface area contributed by atoms with E-state index in [9.17, 15) is 5.11 Å². The Morgan fingerprint density at radius 1 is 1.14 bits per heavy atom. The van der Waals surface area contributed by atoms with E-state index in [-0.39, 0.29) is 24.6 Å². The molecular weight excluding hydrogens is 401 g/mol. The molecule has 0 amide bonds. The largest absolute Gasteiger partial charge is 0.493 e. The predicted octanol–water partition coefficient (Wildman–Crippen LogP) is 4.11. The van der Waals surface area contributed by atoms with Gasteiger partial charge in [-0.25, -0.2) is 0 Å². The maximum Gasteiger partial charge on any atom is 0.179 e. The molecule has 2 aliphatic rings. The SMILES string of the molecule is COc1cc(CCCOC2CCCCC2N2CC[C@@H](O)C2)cc(Cl)c1OC.Cl. The van der Waals surface area contributed by atoms with Crippen LogP contribution in [0.5, 0.6) is 11.5 Å². The van der Waals surface area contributed by atoms with Crippen LogP contribution in [0.1, 0.15) is 44.1 Å². The molecule has 3 rings (SSSR count). The molecule has 7 heteroatoms. The minimum atomic E-state index is -0.164. The second-order valence-corrected chi connectivity index (χ2v) is 8.02. The van der Waals surface area contributed by atoms with Gasteiger partial charge in [0.25, 0.3) is 0 Å². The number of hydrogen-bond donors (Lipinski definition) is 1. The summed E-state index contributed by atoms with van der Waals surface area (Å²) in [4.78, 5) is 2.43. The van der Waals surface area contributed by atoms with Crippen molar-refractivity contribution in [2.24, 2.45) is 0 Å². The van der Waals surface area contributed by atoms with Gasteiger partial charge in [-0.1, -0.05) is 24.4 Å². The molecular formula is C21H33Cl2NO4. The molecule has 1 aromatic carbocycles. The lowest BCUT2D eigenvalue weighted by Gasteiger charge is -2.37. The molecule has 160 valence electrons. The molecule has 1 saturated carbocycles. The first kappa shape index (κ1) is 23.6. The Bertz CT molecular complexity index is 616. The number of likely N-dealkylation sites (tertiary alicyclic amines) is 1. The topological polar surface area (TPSA) is 51.2 Å². The summed E-state index contributed by atoms with van der Waals surface area (Å²) in [7, 11) is 3.22. The van der Waals surface area contributed by atoms with E-state index in [0.717, 1.165) is 50.9 Å². The maximum atomic E-state index is 9.85. The zero-order valence-electron chi connectivity index (χ0n) is 16.9. The van der Waals surface area contributed by atoms with E-state index in [1.165, 1.54) is 19.3 Å². The van der Waals surface area contributed by atoms with Gasteiger partial charge in [0.05, 0.1) is 31.5 Å². The van der Waals surface area contributed by atoms with Crippen molar-refractivity contribution >= 4 is 24.0 Å². The van der Waals surface area contributed by atoms with E-state index in [1.54, 1.807) is 14.2 Å². The molecule has 28 heavy (non-hydrogen) atoms. The van der Waals surface area contributed by atoms with Crippen LogP contribution in [0.4, 0.5) is 0 Å². The van der Waals surface area contributed by atoms with Crippen LogP contribution in [0.3, 0.4) is 0 Å². The highest BCUT2D eigenvalue weighted by atomic mass is 35.5. The molecule has 1 aromatic rings. The van der Waals surface area contributed by atoms with Gasteiger partial charge < -0.3 is 19.3 Å². The standard InChI is InChI=1S/C21H32ClNO4.ClH/c1-25-20-13-15(12-17(22)21(20)26-2)6-5-11-27-19-8-4-3-7-18(19)23-10-9-16(24)14-23;/h12-13,16,18-19,24H,3-11,14H2,1-2H3;1H/t16-,18?,19?;/m1./s1. The fourth-order valence-electron chi connectivity index (χ4n) is 4.39. The summed E-state index contributed by atoms with van der Waals surface area (Å²) in [5.74, 6) is 1.25. The fourth-order valence-corrected chi connectivity index (χ4v) is 4.70. The van der Waals surface area contributed by atoms with E-state index in [0.29, 0.717) is 22.6 Å². The third-order valence-corrected chi connectivity index (χ3v) is 6.05. The minimum absolute atomic E-state index is 0. The number of halogens is 2. The van der Waals surface area contributed by atoms with Gasteiger partial charge in [0.1, 0.15) is 0 Å². The summed E-state index contributed by atoms with van der Waals surface area (Å²) in [6.07, 6.45) is 7.66. The first-order valence-electron chi connectivity index (χ1n) is 10.1. The summed E-state index contributed by atoms with van der Waals surface area (Å²) in [6.45, 7) is 2.54. The van der Waals surface area contributed by atoms with Gasteiger partial charge in [-0.15, -0.1) is 12.4 Å². The molecule has 1 heterocycles. The molecule has 0 aromatic heterocycles. The molecule has 1 aliphatic carbocycles. The Balaban J connectivity index is 0.00000280. The number of nitrogens with zero attached hydrogens (tertiary/aromatic N) is 1. The number of methoxy groups -OCH3 is 2. The van der Waals surface area contributed by atoms with Crippen LogP contribution in [-0.2, 0) is 11.2 Å².